The summed E-state index contributed by atoms with van der Waals surface area (Å²) in [7, 11) is 0. The van der Waals surface area contributed by atoms with E-state index >= 15 is 0 Å². The standard InChI is InChI=1S/C15H10ClN3/c16-15-18-13(11-4-2-1-3-5-11)10-14(19-15)12-6-8-17-9-7-12/h1-10H. The quantitative estimate of drug-likeness (QED) is 0.662. The third kappa shape index (κ3) is 2.61. The van der Waals surface area contributed by atoms with Crippen molar-refractivity contribution in [1.29, 1.82) is 0 Å². The Balaban J connectivity index is 2.12. The molecule has 0 atom stereocenters. The zero-order valence-electron chi connectivity index (χ0n) is 9.99. The van der Waals surface area contributed by atoms with Crippen molar-refractivity contribution < 1.29 is 0 Å². The van der Waals surface area contributed by atoms with E-state index in [1.54, 1.807) is 12.4 Å². The van der Waals surface area contributed by atoms with Gasteiger partial charge in [-0.3, -0.25) is 4.98 Å². The van der Waals surface area contributed by atoms with Gasteiger partial charge in [-0.1, -0.05) is 30.3 Å². The van der Waals surface area contributed by atoms with Crippen LogP contribution >= 0.6 is 11.6 Å². The van der Waals surface area contributed by atoms with Crippen molar-refractivity contribution in [3.8, 4) is 22.5 Å². The highest BCUT2D eigenvalue weighted by atomic mass is 35.5. The van der Waals surface area contributed by atoms with Crippen LogP contribution in [0.25, 0.3) is 22.5 Å². The summed E-state index contributed by atoms with van der Waals surface area (Å²) in [5.74, 6) is 0. The van der Waals surface area contributed by atoms with E-state index in [2.05, 4.69) is 15.0 Å². The van der Waals surface area contributed by atoms with Crippen molar-refractivity contribution in [2.75, 3.05) is 0 Å². The number of aromatic nitrogens is 3. The highest BCUT2D eigenvalue weighted by Crippen LogP contribution is 2.24. The van der Waals surface area contributed by atoms with Gasteiger partial charge < -0.3 is 0 Å². The molecular formula is C15H10ClN3. The fraction of sp³-hybridized carbons (Fsp3) is 0. The third-order valence-electron chi connectivity index (χ3n) is 2.74. The van der Waals surface area contributed by atoms with Crippen molar-refractivity contribution >= 4 is 11.6 Å². The van der Waals surface area contributed by atoms with Gasteiger partial charge in [0.25, 0.3) is 0 Å². The number of pyridine rings is 1. The predicted molar refractivity (Wildman–Crippen MR) is 75.7 cm³/mol. The first-order chi connectivity index (χ1) is 9.33. The highest BCUT2D eigenvalue weighted by molar-refractivity contribution is 6.28. The second kappa shape index (κ2) is 5.16. The maximum atomic E-state index is 6.01. The number of rotatable bonds is 2. The molecule has 2 heterocycles. The van der Waals surface area contributed by atoms with Crippen LogP contribution in [0.5, 0.6) is 0 Å². The molecule has 0 radical (unpaired) electrons. The van der Waals surface area contributed by atoms with Gasteiger partial charge in [0.05, 0.1) is 11.4 Å². The molecule has 92 valence electrons. The van der Waals surface area contributed by atoms with Crippen LogP contribution in [0.1, 0.15) is 0 Å². The topological polar surface area (TPSA) is 38.7 Å². The Kier molecular flexibility index (Phi) is 3.21. The Bertz CT molecular complexity index is 627. The number of hydrogen-bond donors (Lipinski definition) is 0. The molecule has 3 rings (SSSR count). The summed E-state index contributed by atoms with van der Waals surface area (Å²) in [4.78, 5) is 12.5. The monoisotopic (exact) mass is 267 g/mol. The number of nitrogens with zero attached hydrogens (tertiary/aromatic N) is 3. The minimum atomic E-state index is 0.244. The second-order valence-electron chi connectivity index (χ2n) is 4.01. The maximum absolute atomic E-state index is 6.01. The van der Waals surface area contributed by atoms with E-state index in [9.17, 15) is 0 Å². The summed E-state index contributed by atoms with van der Waals surface area (Å²) < 4.78 is 0. The fourth-order valence-corrected chi connectivity index (χ4v) is 2.03. The first-order valence-corrected chi connectivity index (χ1v) is 6.21. The first-order valence-electron chi connectivity index (χ1n) is 5.83. The van der Waals surface area contributed by atoms with E-state index in [0.29, 0.717) is 0 Å². The largest absolute Gasteiger partial charge is 0.265 e. The van der Waals surface area contributed by atoms with Crippen molar-refractivity contribution in [2.45, 2.75) is 0 Å². The number of halogens is 1. The van der Waals surface area contributed by atoms with Crippen LogP contribution in [0, 0.1) is 0 Å². The molecule has 0 unspecified atom stereocenters. The smallest absolute Gasteiger partial charge is 0.223 e. The number of hydrogen-bond acceptors (Lipinski definition) is 3. The highest BCUT2D eigenvalue weighted by Gasteiger charge is 2.06. The van der Waals surface area contributed by atoms with Crippen LogP contribution in [0.15, 0.2) is 60.9 Å². The minimum Gasteiger partial charge on any atom is -0.265 e. The molecule has 0 amide bonds. The molecule has 3 aromatic rings. The van der Waals surface area contributed by atoms with Crippen LogP contribution in [-0.4, -0.2) is 15.0 Å². The van der Waals surface area contributed by atoms with Gasteiger partial charge in [-0.15, -0.1) is 0 Å². The molecule has 3 nitrogen and oxygen atoms in total. The summed E-state index contributed by atoms with van der Waals surface area (Å²) >= 11 is 6.01. The van der Waals surface area contributed by atoms with E-state index in [-0.39, 0.29) is 5.28 Å². The van der Waals surface area contributed by atoms with E-state index in [1.807, 2.05) is 48.5 Å². The van der Waals surface area contributed by atoms with Gasteiger partial charge in [-0.05, 0) is 29.8 Å². The first kappa shape index (κ1) is 11.8. The lowest BCUT2D eigenvalue weighted by Crippen LogP contribution is -1.91. The van der Waals surface area contributed by atoms with Gasteiger partial charge in [0.2, 0.25) is 5.28 Å². The van der Waals surface area contributed by atoms with E-state index in [1.165, 1.54) is 0 Å². The summed E-state index contributed by atoms with van der Waals surface area (Å²) in [6.45, 7) is 0. The molecule has 19 heavy (non-hydrogen) atoms. The van der Waals surface area contributed by atoms with Gasteiger partial charge in [0, 0.05) is 23.5 Å². The molecule has 2 aromatic heterocycles. The molecule has 4 heteroatoms. The zero-order chi connectivity index (χ0) is 13.1. The average molecular weight is 268 g/mol. The Labute approximate surface area is 116 Å². The van der Waals surface area contributed by atoms with E-state index in [4.69, 9.17) is 11.6 Å². The van der Waals surface area contributed by atoms with Gasteiger partial charge in [-0.2, -0.15) is 0 Å². The summed E-state index contributed by atoms with van der Waals surface area (Å²) in [5.41, 5.74) is 3.59. The van der Waals surface area contributed by atoms with Crippen LogP contribution in [0.3, 0.4) is 0 Å². The molecule has 0 bridgehead atoms. The zero-order valence-corrected chi connectivity index (χ0v) is 10.7. The normalized spacial score (nSPS) is 10.4. The molecule has 0 aliphatic rings. The van der Waals surface area contributed by atoms with E-state index < -0.39 is 0 Å². The summed E-state index contributed by atoms with van der Waals surface area (Å²) in [5, 5.41) is 0.244. The Morgan fingerprint density at radius 1 is 0.737 bits per heavy atom. The maximum Gasteiger partial charge on any atom is 0.223 e. The number of benzene rings is 1. The summed E-state index contributed by atoms with van der Waals surface area (Å²) in [6.07, 6.45) is 3.46. The molecule has 0 N–H and O–H groups in total. The molecule has 0 saturated heterocycles. The second-order valence-corrected chi connectivity index (χ2v) is 4.35. The Hall–Kier alpha value is -2.26. The molecule has 0 fully saturated rings. The van der Waals surface area contributed by atoms with Crippen molar-refractivity contribution in [3.05, 3.63) is 66.2 Å². The lowest BCUT2D eigenvalue weighted by Gasteiger charge is -2.05. The molecule has 0 aliphatic heterocycles. The van der Waals surface area contributed by atoms with Crippen molar-refractivity contribution in [2.24, 2.45) is 0 Å². The SMILES string of the molecule is Clc1nc(-c2ccccc2)cc(-c2ccncc2)n1. The lowest BCUT2D eigenvalue weighted by molar-refractivity contribution is 1.17. The van der Waals surface area contributed by atoms with Gasteiger partial charge in [-0.25, -0.2) is 9.97 Å². The van der Waals surface area contributed by atoms with Crippen LogP contribution < -0.4 is 0 Å². The van der Waals surface area contributed by atoms with Gasteiger partial charge in [0.1, 0.15) is 0 Å². The van der Waals surface area contributed by atoms with Crippen molar-refractivity contribution in [3.63, 3.8) is 0 Å². The minimum absolute atomic E-state index is 0.244. The molecule has 1 aromatic carbocycles. The van der Waals surface area contributed by atoms with Crippen LogP contribution in [-0.2, 0) is 0 Å². The van der Waals surface area contributed by atoms with Crippen molar-refractivity contribution in [1.82, 2.24) is 15.0 Å². The molecule has 0 aliphatic carbocycles. The summed E-state index contributed by atoms with van der Waals surface area (Å²) in [6, 6.07) is 15.6. The van der Waals surface area contributed by atoms with Gasteiger partial charge >= 0.3 is 0 Å². The predicted octanol–water partition coefficient (Wildman–Crippen LogP) is 3.86. The third-order valence-corrected chi connectivity index (χ3v) is 2.91. The van der Waals surface area contributed by atoms with Crippen LogP contribution in [0.2, 0.25) is 5.28 Å². The molecule has 0 spiro atoms. The Morgan fingerprint density at radius 2 is 1.32 bits per heavy atom. The average Bonchev–Trinajstić information content (AvgIpc) is 2.48. The lowest BCUT2D eigenvalue weighted by atomic mass is 10.1. The van der Waals surface area contributed by atoms with Gasteiger partial charge in [0.15, 0.2) is 0 Å². The van der Waals surface area contributed by atoms with E-state index in [0.717, 1.165) is 22.5 Å². The molecular weight excluding hydrogens is 258 g/mol. The Morgan fingerprint density at radius 3 is 1.95 bits per heavy atom. The molecule has 0 saturated carbocycles. The van der Waals surface area contributed by atoms with Crippen LogP contribution in [0.4, 0.5) is 0 Å². The fourth-order valence-electron chi connectivity index (χ4n) is 1.85.